The Bertz CT molecular complexity index is 215. The first kappa shape index (κ1) is 11.6. The van der Waals surface area contributed by atoms with Gasteiger partial charge in [0, 0.05) is 11.8 Å². The number of carbonyl (C=O) groups excluding carboxylic acids is 1. The molecule has 0 aliphatic carbocycles. The van der Waals surface area contributed by atoms with Crippen molar-refractivity contribution < 1.29 is 4.79 Å². The summed E-state index contributed by atoms with van der Waals surface area (Å²) in [5, 5.41) is 8.44. The van der Waals surface area contributed by atoms with Crippen LogP contribution in [0.25, 0.3) is 0 Å². The number of carbonyl (C=O) groups is 1. The number of hydrogen-bond acceptors (Lipinski definition) is 2. The zero-order valence-electron chi connectivity index (χ0n) is 7.83. The van der Waals surface area contributed by atoms with E-state index in [0.717, 1.165) is 6.29 Å². The average Bonchev–Trinajstić information content (AvgIpc) is 2.15. The molecule has 0 saturated carbocycles. The molecule has 0 heterocycles. The molecule has 0 aliphatic heterocycles. The zero-order chi connectivity index (χ0) is 10.2. The van der Waals surface area contributed by atoms with Gasteiger partial charge >= 0.3 is 0 Å². The van der Waals surface area contributed by atoms with Crippen molar-refractivity contribution in [2.45, 2.75) is 25.7 Å². The number of rotatable bonds is 7. The predicted molar refractivity (Wildman–Crippen MR) is 53.0 cm³/mol. The number of nitrogens with zero attached hydrogens (tertiary/aromatic N) is 1. The van der Waals surface area contributed by atoms with Gasteiger partial charge in [0.2, 0.25) is 0 Å². The Morgan fingerprint density at radius 2 is 1.85 bits per heavy atom. The van der Waals surface area contributed by atoms with Gasteiger partial charge in [-0.1, -0.05) is 12.2 Å². The van der Waals surface area contributed by atoms with Gasteiger partial charge in [-0.25, -0.2) is 0 Å². The summed E-state index contributed by atoms with van der Waals surface area (Å²) in [5.41, 5.74) is -0.445. The van der Waals surface area contributed by atoms with E-state index in [1.165, 1.54) is 0 Å². The molecule has 0 aliphatic rings. The van der Waals surface area contributed by atoms with Crippen LogP contribution in [0.2, 0.25) is 0 Å². The molecule has 2 heteroatoms. The molecule has 0 N–H and O–H groups in total. The molecule has 0 radical (unpaired) electrons. The third-order valence-electron chi connectivity index (χ3n) is 2.09. The van der Waals surface area contributed by atoms with Gasteiger partial charge in [-0.2, -0.15) is 5.26 Å². The van der Waals surface area contributed by atoms with E-state index in [9.17, 15) is 4.79 Å². The Balaban J connectivity index is 4.43. The monoisotopic (exact) mass is 177 g/mol. The van der Waals surface area contributed by atoms with E-state index < -0.39 is 5.41 Å². The lowest BCUT2D eigenvalue weighted by Crippen LogP contribution is -2.20. The second-order valence-electron chi connectivity index (χ2n) is 3.12. The quantitative estimate of drug-likeness (QED) is 0.443. The highest BCUT2D eigenvalue weighted by molar-refractivity contribution is 5.60. The van der Waals surface area contributed by atoms with Crippen molar-refractivity contribution >= 4 is 6.29 Å². The van der Waals surface area contributed by atoms with Crippen molar-refractivity contribution in [1.82, 2.24) is 0 Å². The van der Waals surface area contributed by atoms with Gasteiger partial charge < -0.3 is 4.79 Å². The van der Waals surface area contributed by atoms with E-state index in [4.69, 9.17) is 5.26 Å². The summed E-state index contributed by atoms with van der Waals surface area (Å²) < 4.78 is 0. The first-order valence-corrected chi connectivity index (χ1v) is 4.30. The maximum atomic E-state index is 10.9. The Morgan fingerprint density at radius 1 is 1.31 bits per heavy atom. The van der Waals surface area contributed by atoms with Crippen LogP contribution in [-0.2, 0) is 4.79 Å². The maximum absolute atomic E-state index is 10.9. The maximum Gasteiger partial charge on any atom is 0.126 e. The number of nitriles is 1. The third kappa shape index (κ3) is 3.71. The van der Waals surface area contributed by atoms with Gasteiger partial charge in [0.1, 0.15) is 6.29 Å². The van der Waals surface area contributed by atoms with Gasteiger partial charge in [-0.05, 0) is 19.3 Å². The second kappa shape index (κ2) is 6.19. The number of allylic oxidation sites excluding steroid dienone is 2. The average molecular weight is 177 g/mol. The van der Waals surface area contributed by atoms with Crippen molar-refractivity contribution in [2.75, 3.05) is 0 Å². The molecular formula is C11H15NO. The summed E-state index contributed by atoms with van der Waals surface area (Å²) in [6, 6.07) is 2.05. The van der Waals surface area contributed by atoms with Crippen molar-refractivity contribution in [3.05, 3.63) is 25.3 Å². The van der Waals surface area contributed by atoms with Gasteiger partial charge in [0.05, 0.1) is 6.07 Å². The van der Waals surface area contributed by atoms with Crippen molar-refractivity contribution in [1.29, 1.82) is 5.26 Å². The second-order valence-corrected chi connectivity index (χ2v) is 3.12. The molecule has 0 unspecified atom stereocenters. The van der Waals surface area contributed by atoms with Gasteiger partial charge in [-0.3, -0.25) is 0 Å². The minimum atomic E-state index is -0.445. The SMILES string of the molecule is C=CCC(C=O)(CC=C)CCC#N. The zero-order valence-corrected chi connectivity index (χ0v) is 7.83. The minimum absolute atomic E-state index is 0.403. The van der Waals surface area contributed by atoms with E-state index >= 15 is 0 Å². The number of aldehydes is 1. The molecule has 0 aromatic heterocycles. The van der Waals surface area contributed by atoms with E-state index in [-0.39, 0.29) is 0 Å². The van der Waals surface area contributed by atoms with Crippen LogP contribution in [0.5, 0.6) is 0 Å². The summed E-state index contributed by atoms with van der Waals surface area (Å²) in [7, 11) is 0. The van der Waals surface area contributed by atoms with E-state index in [0.29, 0.717) is 25.7 Å². The highest BCUT2D eigenvalue weighted by Gasteiger charge is 2.26. The fraction of sp³-hybridized carbons (Fsp3) is 0.455. The van der Waals surface area contributed by atoms with Crippen LogP contribution in [0, 0.1) is 16.7 Å². The fourth-order valence-electron chi connectivity index (χ4n) is 1.32. The summed E-state index contributed by atoms with van der Waals surface area (Å²) >= 11 is 0. The van der Waals surface area contributed by atoms with Crippen LogP contribution in [0.3, 0.4) is 0 Å². The highest BCUT2D eigenvalue weighted by Crippen LogP contribution is 2.30. The van der Waals surface area contributed by atoms with Crippen LogP contribution in [0.1, 0.15) is 25.7 Å². The molecule has 0 atom stereocenters. The lowest BCUT2D eigenvalue weighted by atomic mass is 9.79. The predicted octanol–water partition coefficient (Wildman–Crippen LogP) is 2.63. The van der Waals surface area contributed by atoms with Crippen molar-refractivity contribution in [3.8, 4) is 6.07 Å². The van der Waals surface area contributed by atoms with Crippen LogP contribution in [-0.4, -0.2) is 6.29 Å². The molecule has 0 saturated heterocycles. The Labute approximate surface area is 79.6 Å². The lowest BCUT2D eigenvalue weighted by Gasteiger charge is -2.23. The molecule has 13 heavy (non-hydrogen) atoms. The lowest BCUT2D eigenvalue weighted by molar-refractivity contribution is -0.116. The summed E-state index contributed by atoms with van der Waals surface area (Å²) in [6.07, 6.45) is 6.58. The molecule has 70 valence electrons. The summed E-state index contributed by atoms with van der Waals surface area (Å²) in [6.45, 7) is 7.22. The third-order valence-corrected chi connectivity index (χ3v) is 2.09. The van der Waals surface area contributed by atoms with Crippen LogP contribution in [0.4, 0.5) is 0 Å². The molecule has 0 fully saturated rings. The molecule has 0 bridgehead atoms. The first-order valence-electron chi connectivity index (χ1n) is 4.30. The topological polar surface area (TPSA) is 40.9 Å². The molecule has 0 spiro atoms. The van der Waals surface area contributed by atoms with Crippen LogP contribution < -0.4 is 0 Å². The standard InChI is InChI=1S/C11H15NO/c1-3-6-11(10-13,7-4-2)8-5-9-12/h3-4,10H,1-2,5-8H2. The molecular weight excluding hydrogens is 162 g/mol. The molecule has 0 aromatic carbocycles. The largest absolute Gasteiger partial charge is 0.303 e. The fourth-order valence-corrected chi connectivity index (χ4v) is 1.32. The normalized spacial score (nSPS) is 10.1. The molecule has 2 nitrogen and oxygen atoms in total. The van der Waals surface area contributed by atoms with Gasteiger partial charge in [0.25, 0.3) is 0 Å². The smallest absolute Gasteiger partial charge is 0.126 e. The molecule has 0 rings (SSSR count). The Hall–Kier alpha value is -1.36. The van der Waals surface area contributed by atoms with Crippen LogP contribution >= 0.6 is 0 Å². The van der Waals surface area contributed by atoms with Crippen molar-refractivity contribution in [2.24, 2.45) is 5.41 Å². The molecule has 0 aromatic rings. The Kier molecular flexibility index (Phi) is 5.54. The van der Waals surface area contributed by atoms with E-state index in [2.05, 4.69) is 13.2 Å². The van der Waals surface area contributed by atoms with E-state index in [1.807, 2.05) is 6.07 Å². The Morgan fingerprint density at radius 3 is 2.15 bits per heavy atom. The first-order chi connectivity index (χ1) is 6.24. The summed E-state index contributed by atoms with van der Waals surface area (Å²) in [4.78, 5) is 10.9. The highest BCUT2D eigenvalue weighted by atomic mass is 16.1. The number of hydrogen-bond donors (Lipinski definition) is 0. The van der Waals surface area contributed by atoms with E-state index in [1.54, 1.807) is 12.2 Å². The minimum Gasteiger partial charge on any atom is -0.303 e. The summed E-state index contributed by atoms with van der Waals surface area (Å²) in [5.74, 6) is 0. The van der Waals surface area contributed by atoms with Crippen LogP contribution in [0.15, 0.2) is 25.3 Å². The van der Waals surface area contributed by atoms with Crippen molar-refractivity contribution in [3.63, 3.8) is 0 Å². The molecule has 0 amide bonds. The van der Waals surface area contributed by atoms with Gasteiger partial charge in [-0.15, -0.1) is 13.2 Å². The van der Waals surface area contributed by atoms with Gasteiger partial charge in [0.15, 0.2) is 0 Å².